The van der Waals surface area contributed by atoms with Crippen LogP contribution in [0.5, 0.6) is 11.5 Å². The van der Waals surface area contributed by atoms with Crippen LogP contribution in [-0.4, -0.2) is 19.0 Å². The number of alkyl halides is 1. The zero-order valence-electron chi connectivity index (χ0n) is 10.8. The van der Waals surface area contributed by atoms with Crippen LogP contribution in [0.1, 0.15) is 31.7 Å². The quantitative estimate of drug-likeness (QED) is 0.703. The monoisotopic (exact) mass is 300 g/mol. The lowest BCUT2D eigenvalue weighted by atomic mass is 10.1. The maximum Gasteiger partial charge on any atom is 0.160 e. The van der Waals surface area contributed by atoms with E-state index in [1.807, 2.05) is 6.07 Å². The number of benzene rings is 1. The van der Waals surface area contributed by atoms with Crippen LogP contribution in [0.25, 0.3) is 0 Å². The summed E-state index contributed by atoms with van der Waals surface area (Å²) in [5.74, 6) is 1.59. The van der Waals surface area contributed by atoms with Crippen molar-refractivity contribution in [3.05, 3.63) is 23.8 Å². The molecular weight excluding hydrogens is 280 g/mol. The Hall–Kier alpha value is -0.700. The molecule has 96 valence electrons. The molecule has 0 heterocycles. The van der Waals surface area contributed by atoms with Gasteiger partial charge >= 0.3 is 0 Å². The van der Waals surface area contributed by atoms with Gasteiger partial charge in [0.05, 0.1) is 14.2 Å². The Labute approximate surface area is 112 Å². The number of ether oxygens (including phenoxy) is 2. The minimum Gasteiger partial charge on any atom is -0.493 e. The van der Waals surface area contributed by atoms with Crippen LogP contribution in [0, 0.1) is 0 Å². The van der Waals surface area contributed by atoms with Gasteiger partial charge in [0.15, 0.2) is 11.5 Å². The minimum atomic E-state index is 0.542. The number of rotatable bonds is 7. The summed E-state index contributed by atoms with van der Waals surface area (Å²) in [6, 6.07) is 6.12. The number of methoxy groups -OCH3 is 2. The second-order valence-corrected chi connectivity index (χ2v) is 5.43. The van der Waals surface area contributed by atoms with E-state index in [-0.39, 0.29) is 0 Å². The Morgan fingerprint density at radius 1 is 1.18 bits per heavy atom. The van der Waals surface area contributed by atoms with Crippen molar-refractivity contribution in [2.45, 2.75) is 37.4 Å². The first-order chi connectivity index (χ1) is 8.21. The van der Waals surface area contributed by atoms with Gasteiger partial charge in [-0.2, -0.15) is 0 Å². The second-order valence-electron chi connectivity index (χ2n) is 4.13. The van der Waals surface area contributed by atoms with Gasteiger partial charge in [-0.15, -0.1) is 0 Å². The van der Waals surface area contributed by atoms with Gasteiger partial charge in [-0.1, -0.05) is 41.8 Å². The highest BCUT2D eigenvalue weighted by Gasteiger charge is 2.08. The molecule has 17 heavy (non-hydrogen) atoms. The van der Waals surface area contributed by atoms with Crippen molar-refractivity contribution in [3.8, 4) is 11.5 Å². The molecule has 3 heteroatoms. The normalized spacial score (nSPS) is 12.2. The number of unbranched alkanes of at least 4 members (excludes halogenated alkanes) is 1. The fraction of sp³-hybridized carbons (Fsp3) is 0.571. The Kier molecular flexibility index (Phi) is 6.41. The minimum absolute atomic E-state index is 0.542. The SMILES string of the molecule is CCCCC(Br)Cc1ccc(OC)c(OC)c1. The molecule has 1 aromatic carbocycles. The molecule has 0 N–H and O–H groups in total. The summed E-state index contributed by atoms with van der Waals surface area (Å²) in [7, 11) is 3.33. The van der Waals surface area contributed by atoms with E-state index >= 15 is 0 Å². The van der Waals surface area contributed by atoms with E-state index in [2.05, 4.69) is 35.0 Å². The Morgan fingerprint density at radius 3 is 2.47 bits per heavy atom. The third-order valence-corrected chi connectivity index (χ3v) is 3.56. The predicted molar refractivity (Wildman–Crippen MR) is 75.5 cm³/mol. The van der Waals surface area contributed by atoms with Gasteiger partial charge in [0.25, 0.3) is 0 Å². The van der Waals surface area contributed by atoms with Crippen LogP contribution in [0.2, 0.25) is 0 Å². The van der Waals surface area contributed by atoms with E-state index in [9.17, 15) is 0 Å². The Morgan fingerprint density at radius 2 is 1.88 bits per heavy atom. The van der Waals surface area contributed by atoms with Crippen molar-refractivity contribution in [3.63, 3.8) is 0 Å². The topological polar surface area (TPSA) is 18.5 Å². The standard InChI is InChI=1S/C14H21BrO2/c1-4-5-6-12(15)9-11-7-8-13(16-2)14(10-11)17-3/h7-8,10,12H,4-6,9H2,1-3H3. The summed E-state index contributed by atoms with van der Waals surface area (Å²) < 4.78 is 10.5. The van der Waals surface area contributed by atoms with Crippen LogP contribution in [0.4, 0.5) is 0 Å². The van der Waals surface area contributed by atoms with Gasteiger partial charge in [0.1, 0.15) is 0 Å². The second kappa shape index (κ2) is 7.59. The van der Waals surface area contributed by atoms with E-state index in [1.54, 1.807) is 14.2 Å². The largest absolute Gasteiger partial charge is 0.493 e. The fourth-order valence-electron chi connectivity index (χ4n) is 1.79. The summed E-state index contributed by atoms with van der Waals surface area (Å²) in [6.45, 7) is 2.22. The molecular formula is C14H21BrO2. The molecule has 0 amide bonds. The predicted octanol–water partition coefficient (Wildman–Crippen LogP) is 4.20. The van der Waals surface area contributed by atoms with Crippen molar-refractivity contribution in [2.75, 3.05) is 14.2 Å². The van der Waals surface area contributed by atoms with Gasteiger partial charge < -0.3 is 9.47 Å². The maximum absolute atomic E-state index is 5.30. The molecule has 1 atom stereocenters. The lowest BCUT2D eigenvalue weighted by molar-refractivity contribution is 0.354. The molecule has 0 radical (unpaired) electrons. The number of hydrogen-bond acceptors (Lipinski definition) is 2. The third kappa shape index (κ3) is 4.58. The highest BCUT2D eigenvalue weighted by atomic mass is 79.9. The first-order valence-electron chi connectivity index (χ1n) is 6.06. The molecule has 0 aliphatic rings. The van der Waals surface area contributed by atoms with Gasteiger partial charge in [0.2, 0.25) is 0 Å². The van der Waals surface area contributed by atoms with Gasteiger partial charge in [-0.3, -0.25) is 0 Å². The van der Waals surface area contributed by atoms with Crippen LogP contribution in [-0.2, 0) is 6.42 Å². The molecule has 0 aliphatic carbocycles. The first-order valence-corrected chi connectivity index (χ1v) is 6.97. The van der Waals surface area contributed by atoms with Gasteiger partial charge in [-0.05, 0) is 30.5 Å². The average molecular weight is 301 g/mol. The molecule has 1 rings (SSSR count). The van der Waals surface area contributed by atoms with E-state index in [0.29, 0.717) is 4.83 Å². The lowest BCUT2D eigenvalue weighted by Gasteiger charge is -2.12. The maximum atomic E-state index is 5.30. The summed E-state index contributed by atoms with van der Waals surface area (Å²) in [4.78, 5) is 0.542. The highest BCUT2D eigenvalue weighted by molar-refractivity contribution is 9.09. The molecule has 0 spiro atoms. The smallest absolute Gasteiger partial charge is 0.160 e. The zero-order chi connectivity index (χ0) is 12.7. The van der Waals surface area contributed by atoms with Crippen molar-refractivity contribution >= 4 is 15.9 Å². The van der Waals surface area contributed by atoms with Crippen molar-refractivity contribution in [1.82, 2.24) is 0 Å². The van der Waals surface area contributed by atoms with Crippen LogP contribution in [0.3, 0.4) is 0 Å². The lowest BCUT2D eigenvalue weighted by Crippen LogP contribution is -2.03. The number of hydrogen-bond donors (Lipinski definition) is 0. The van der Waals surface area contributed by atoms with E-state index in [0.717, 1.165) is 17.9 Å². The molecule has 0 fully saturated rings. The molecule has 0 aromatic heterocycles. The number of halogens is 1. The van der Waals surface area contributed by atoms with Crippen molar-refractivity contribution in [2.24, 2.45) is 0 Å². The van der Waals surface area contributed by atoms with Crippen molar-refractivity contribution < 1.29 is 9.47 Å². The van der Waals surface area contributed by atoms with E-state index in [1.165, 1.54) is 24.8 Å². The van der Waals surface area contributed by atoms with Crippen LogP contribution in [0.15, 0.2) is 18.2 Å². The summed E-state index contributed by atoms with van der Waals surface area (Å²) >= 11 is 3.73. The average Bonchev–Trinajstić information content (AvgIpc) is 2.36. The first kappa shape index (κ1) is 14.4. The van der Waals surface area contributed by atoms with E-state index in [4.69, 9.17) is 9.47 Å². The summed E-state index contributed by atoms with van der Waals surface area (Å²) in [5.41, 5.74) is 1.28. The Balaban J connectivity index is 2.65. The highest BCUT2D eigenvalue weighted by Crippen LogP contribution is 2.29. The Bertz CT molecular complexity index is 339. The van der Waals surface area contributed by atoms with E-state index < -0.39 is 0 Å². The third-order valence-electron chi connectivity index (χ3n) is 2.78. The van der Waals surface area contributed by atoms with Crippen LogP contribution >= 0.6 is 15.9 Å². The van der Waals surface area contributed by atoms with Gasteiger partial charge in [0, 0.05) is 4.83 Å². The molecule has 0 saturated carbocycles. The molecule has 0 saturated heterocycles. The molecule has 0 bridgehead atoms. The molecule has 0 aliphatic heterocycles. The van der Waals surface area contributed by atoms with Gasteiger partial charge in [-0.25, -0.2) is 0 Å². The molecule has 2 nitrogen and oxygen atoms in total. The molecule has 1 unspecified atom stereocenters. The van der Waals surface area contributed by atoms with Crippen LogP contribution < -0.4 is 9.47 Å². The molecule has 1 aromatic rings. The summed E-state index contributed by atoms with van der Waals surface area (Å²) in [5, 5.41) is 0. The zero-order valence-corrected chi connectivity index (χ0v) is 12.4. The van der Waals surface area contributed by atoms with Crippen molar-refractivity contribution in [1.29, 1.82) is 0 Å². The fourth-order valence-corrected chi connectivity index (χ4v) is 2.49. The summed E-state index contributed by atoms with van der Waals surface area (Å²) in [6.07, 6.45) is 4.75.